The van der Waals surface area contributed by atoms with Gasteiger partial charge in [-0.25, -0.2) is 23.5 Å². The number of urea groups is 1. The Bertz CT molecular complexity index is 1230. The number of anilines is 3. The van der Waals surface area contributed by atoms with Gasteiger partial charge in [0.05, 0.1) is 24.5 Å². The number of hydrogen-bond donors (Lipinski definition) is 1. The van der Waals surface area contributed by atoms with Crippen molar-refractivity contribution in [2.45, 2.75) is 31.7 Å². The summed E-state index contributed by atoms with van der Waals surface area (Å²) in [5.41, 5.74) is 1.84. The van der Waals surface area contributed by atoms with Gasteiger partial charge < -0.3 is 9.64 Å². The molecule has 34 heavy (non-hydrogen) atoms. The number of nitrogens with zero attached hydrogens (tertiary/aromatic N) is 5. The van der Waals surface area contributed by atoms with Crippen molar-refractivity contribution in [3.05, 3.63) is 54.2 Å². The Morgan fingerprint density at radius 2 is 2.06 bits per heavy atom. The first kappa shape index (κ1) is 22.0. The Labute approximate surface area is 195 Å². The van der Waals surface area contributed by atoms with Crippen molar-refractivity contribution >= 4 is 23.4 Å². The Hall–Kier alpha value is -3.82. The molecule has 2 aliphatic heterocycles. The fourth-order valence-corrected chi connectivity index (χ4v) is 4.48. The summed E-state index contributed by atoms with van der Waals surface area (Å²) in [6, 6.07) is 11.2. The first-order valence-corrected chi connectivity index (χ1v) is 11.1. The molecule has 0 unspecified atom stereocenters. The molecule has 10 heteroatoms. The molecular formula is C24H24F2N6O2. The predicted octanol–water partition coefficient (Wildman–Crippen LogP) is 4.68. The third kappa shape index (κ3) is 4.11. The number of alkyl halides is 2. The van der Waals surface area contributed by atoms with Gasteiger partial charge in [-0.15, -0.1) is 0 Å². The smallest absolute Gasteiger partial charge is 0.329 e. The molecule has 0 aliphatic carbocycles. The number of benzene rings is 1. The molecule has 2 aliphatic rings. The topological polar surface area (TPSA) is 83.5 Å². The van der Waals surface area contributed by atoms with E-state index in [1.165, 1.54) is 25.4 Å². The van der Waals surface area contributed by atoms with Crippen molar-refractivity contribution in [2.24, 2.45) is 0 Å². The van der Waals surface area contributed by atoms with Crippen molar-refractivity contribution < 1.29 is 18.3 Å². The van der Waals surface area contributed by atoms with Gasteiger partial charge >= 0.3 is 12.0 Å². The van der Waals surface area contributed by atoms with Crippen LogP contribution < -0.4 is 19.9 Å². The lowest BCUT2D eigenvalue weighted by Crippen LogP contribution is -2.56. The summed E-state index contributed by atoms with van der Waals surface area (Å²) in [7, 11) is 1.45. The van der Waals surface area contributed by atoms with E-state index in [4.69, 9.17) is 9.72 Å². The summed E-state index contributed by atoms with van der Waals surface area (Å²) < 4.78 is 32.8. The Kier molecular flexibility index (Phi) is 5.51. The molecule has 4 heterocycles. The molecule has 1 atom stereocenters. The van der Waals surface area contributed by atoms with Crippen LogP contribution in [0.4, 0.5) is 30.9 Å². The van der Waals surface area contributed by atoms with E-state index in [2.05, 4.69) is 20.2 Å². The van der Waals surface area contributed by atoms with Crippen LogP contribution >= 0.6 is 0 Å². The number of carbonyl (C=O) groups excluding carboxylic acids is 1. The number of methoxy groups -OCH3 is 1. The number of hydrogen-bond acceptors (Lipinski definition) is 6. The highest BCUT2D eigenvalue weighted by Crippen LogP contribution is 2.40. The Morgan fingerprint density at radius 1 is 1.21 bits per heavy atom. The van der Waals surface area contributed by atoms with Crippen LogP contribution in [0.1, 0.15) is 25.3 Å². The minimum atomic E-state index is -2.96. The lowest BCUT2D eigenvalue weighted by Gasteiger charge is -2.45. The summed E-state index contributed by atoms with van der Waals surface area (Å²) in [6.07, 6.45) is 3.28. The van der Waals surface area contributed by atoms with Crippen LogP contribution in [0.3, 0.4) is 0 Å². The average Bonchev–Trinajstić information content (AvgIpc) is 2.83. The molecule has 2 aromatic heterocycles. The van der Waals surface area contributed by atoms with Crippen molar-refractivity contribution in [2.75, 3.05) is 35.3 Å². The molecule has 0 radical (unpaired) electrons. The zero-order valence-electron chi connectivity index (χ0n) is 18.8. The number of amides is 2. The number of rotatable bonds is 4. The molecule has 2 amide bonds. The SMILES string of the molecule is COc1nccc(NC(=O)N2c3nc(-c4cccc(C(C)(F)F)c4)ccc3N3CCC[C@H]2C3)n1. The van der Waals surface area contributed by atoms with Gasteiger partial charge in [0.15, 0.2) is 5.82 Å². The molecule has 8 nitrogen and oxygen atoms in total. The second-order valence-electron chi connectivity index (χ2n) is 8.48. The van der Waals surface area contributed by atoms with Gasteiger partial charge in [0.25, 0.3) is 5.92 Å². The van der Waals surface area contributed by atoms with Crippen LogP contribution in [0.2, 0.25) is 0 Å². The van der Waals surface area contributed by atoms with Crippen LogP contribution in [0.15, 0.2) is 48.7 Å². The maximum atomic E-state index is 13.9. The lowest BCUT2D eigenvalue weighted by molar-refractivity contribution is 0.0175. The minimum Gasteiger partial charge on any atom is -0.467 e. The highest BCUT2D eigenvalue weighted by atomic mass is 19.3. The number of piperidine rings is 1. The molecule has 1 aromatic carbocycles. The maximum absolute atomic E-state index is 13.9. The summed E-state index contributed by atoms with van der Waals surface area (Å²) in [4.78, 5) is 30.2. The molecule has 176 valence electrons. The van der Waals surface area contributed by atoms with E-state index >= 15 is 0 Å². The second kappa shape index (κ2) is 8.51. The zero-order chi connectivity index (χ0) is 23.9. The molecule has 1 N–H and O–H groups in total. The molecule has 2 bridgehead atoms. The summed E-state index contributed by atoms with van der Waals surface area (Å²) >= 11 is 0. The standard InChI is InChI=1S/C24H24F2N6O2/c1-24(25,26)16-6-3-5-15(13-16)18-8-9-19-21(28-18)32(17-7-4-12-31(19)14-17)23(33)30-20-10-11-27-22(29-20)34-2/h3,5-6,8-11,13,17H,4,7,12,14H2,1-2H3,(H,27,29,30,33)/t17-/m0/s1. The van der Waals surface area contributed by atoms with Crippen molar-refractivity contribution in [3.63, 3.8) is 0 Å². The third-order valence-corrected chi connectivity index (χ3v) is 6.12. The predicted molar refractivity (Wildman–Crippen MR) is 125 cm³/mol. The Morgan fingerprint density at radius 3 is 2.85 bits per heavy atom. The molecule has 0 saturated carbocycles. The number of nitrogens with one attached hydrogen (secondary N) is 1. The first-order chi connectivity index (χ1) is 16.3. The highest BCUT2D eigenvalue weighted by Gasteiger charge is 2.38. The van der Waals surface area contributed by atoms with Gasteiger partial charge in [0.1, 0.15) is 5.82 Å². The fraction of sp³-hybridized carbons (Fsp3) is 0.333. The second-order valence-corrected chi connectivity index (χ2v) is 8.48. The van der Waals surface area contributed by atoms with Crippen LogP contribution in [-0.4, -0.2) is 47.2 Å². The van der Waals surface area contributed by atoms with Crippen molar-refractivity contribution in [1.29, 1.82) is 0 Å². The first-order valence-electron chi connectivity index (χ1n) is 11.1. The third-order valence-electron chi connectivity index (χ3n) is 6.12. The van der Waals surface area contributed by atoms with E-state index in [1.54, 1.807) is 23.1 Å². The van der Waals surface area contributed by atoms with Crippen molar-refractivity contribution in [1.82, 2.24) is 15.0 Å². The van der Waals surface area contributed by atoms with E-state index in [1.807, 2.05) is 12.1 Å². The largest absolute Gasteiger partial charge is 0.467 e. The van der Waals surface area contributed by atoms with Crippen molar-refractivity contribution in [3.8, 4) is 17.3 Å². The number of ether oxygens (including phenoxy) is 1. The number of carbonyl (C=O) groups is 1. The van der Waals surface area contributed by atoms with Crippen LogP contribution in [0.25, 0.3) is 11.3 Å². The normalized spacial score (nSPS) is 17.2. The number of pyridine rings is 1. The summed E-state index contributed by atoms with van der Waals surface area (Å²) in [6.45, 7) is 2.45. The quantitative estimate of drug-likeness (QED) is 0.601. The molecule has 5 rings (SSSR count). The van der Waals surface area contributed by atoms with Crippen LogP contribution in [-0.2, 0) is 5.92 Å². The monoisotopic (exact) mass is 466 g/mol. The van der Waals surface area contributed by atoms with Gasteiger partial charge in [0, 0.05) is 37.3 Å². The van der Waals surface area contributed by atoms with Gasteiger partial charge in [-0.2, -0.15) is 4.98 Å². The van der Waals surface area contributed by atoms with E-state index in [9.17, 15) is 13.6 Å². The van der Waals surface area contributed by atoms with E-state index in [-0.39, 0.29) is 23.6 Å². The highest BCUT2D eigenvalue weighted by molar-refractivity contribution is 6.04. The zero-order valence-corrected chi connectivity index (χ0v) is 18.8. The van der Waals surface area contributed by atoms with Gasteiger partial charge in [-0.05, 0) is 37.1 Å². The van der Waals surface area contributed by atoms with E-state index in [0.29, 0.717) is 29.4 Å². The van der Waals surface area contributed by atoms with Gasteiger partial charge in [0.2, 0.25) is 0 Å². The van der Waals surface area contributed by atoms with E-state index < -0.39 is 5.92 Å². The molecule has 1 fully saturated rings. The minimum absolute atomic E-state index is 0.0703. The molecule has 3 aromatic rings. The Balaban J connectivity index is 1.53. The maximum Gasteiger partial charge on any atom is 0.329 e. The van der Waals surface area contributed by atoms with Crippen LogP contribution in [0.5, 0.6) is 6.01 Å². The number of halogens is 2. The van der Waals surface area contributed by atoms with E-state index in [0.717, 1.165) is 32.0 Å². The van der Waals surface area contributed by atoms with Crippen LogP contribution in [0, 0.1) is 0 Å². The molecular weight excluding hydrogens is 442 g/mol. The average molecular weight is 466 g/mol. The molecule has 1 saturated heterocycles. The lowest BCUT2D eigenvalue weighted by atomic mass is 9.99. The fourth-order valence-electron chi connectivity index (χ4n) is 4.48. The number of fused-ring (bicyclic) bond motifs is 4. The summed E-state index contributed by atoms with van der Waals surface area (Å²) in [5, 5.41) is 2.82. The number of aromatic nitrogens is 3. The summed E-state index contributed by atoms with van der Waals surface area (Å²) in [5.74, 6) is -2.15. The van der Waals surface area contributed by atoms with Gasteiger partial charge in [-0.3, -0.25) is 10.2 Å². The molecule has 0 spiro atoms. The van der Waals surface area contributed by atoms with Gasteiger partial charge in [-0.1, -0.05) is 18.2 Å².